The third kappa shape index (κ3) is 7.37. The lowest BCUT2D eigenvalue weighted by Gasteiger charge is -2.19. The summed E-state index contributed by atoms with van der Waals surface area (Å²) in [5.41, 5.74) is 6.91. The Morgan fingerprint density at radius 2 is 1.91 bits per heavy atom. The van der Waals surface area contributed by atoms with Gasteiger partial charge >= 0.3 is 6.18 Å². The summed E-state index contributed by atoms with van der Waals surface area (Å²) in [6.07, 6.45) is -3.41. The van der Waals surface area contributed by atoms with E-state index in [1.807, 2.05) is 6.07 Å². The number of alkyl halides is 3. The highest BCUT2D eigenvalue weighted by atomic mass is 127. The number of aliphatic imine (C=N–C) groups is 1. The molecule has 1 heterocycles. The van der Waals surface area contributed by atoms with Gasteiger partial charge in [0.15, 0.2) is 5.96 Å². The van der Waals surface area contributed by atoms with E-state index in [4.69, 9.17) is 5.73 Å². The molecule has 0 aliphatic carbocycles. The molecule has 2 aromatic rings. The van der Waals surface area contributed by atoms with Gasteiger partial charge in [-0.05, 0) is 41.8 Å². The van der Waals surface area contributed by atoms with Crippen LogP contribution >= 0.6 is 24.0 Å². The number of rotatable bonds is 6. The molecular weight excluding hydrogens is 534 g/mol. The summed E-state index contributed by atoms with van der Waals surface area (Å²) in [4.78, 5) is 17.8. The summed E-state index contributed by atoms with van der Waals surface area (Å²) in [5, 5.41) is 6.60. The highest BCUT2D eigenvalue weighted by Crippen LogP contribution is 2.29. The lowest BCUT2D eigenvalue weighted by atomic mass is 10.1. The van der Waals surface area contributed by atoms with Crippen molar-refractivity contribution in [2.24, 2.45) is 10.7 Å². The van der Waals surface area contributed by atoms with Gasteiger partial charge in [-0.3, -0.25) is 14.7 Å². The van der Waals surface area contributed by atoms with E-state index in [1.165, 1.54) is 12.1 Å². The second-order valence-electron chi connectivity index (χ2n) is 7.55. The summed E-state index contributed by atoms with van der Waals surface area (Å²) in [6.45, 7) is 2.69. The fourth-order valence-electron chi connectivity index (χ4n) is 3.56. The van der Waals surface area contributed by atoms with E-state index in [-0.39, 0.29) is 30.0 Å². The van der Waals surface area contributed by atoms with Crippen LogP contribution in [-0.2, 0) is 19.3 Å². The molecule has 1 aliphatic heterocycles. The number of likely N-dealkylation sites (tertiary alicyclic amines) is 1. The molecule has 10 heteroatoms. The van der Waals surface area contributed by atoms with Crippen molar-refractivity contribution in [2.45, 2.75) is 31.7 Å². The predicted molar refractivity (Wildman–Crippen MR) is 129 cm³/mol. The zero-order valence-electron chi connectivity index (χ0n) is 17.7. The Balaban J connectivity index is 0.00000363. The van der Waals surface area contributed by atoms with Crippen LogP contribution in [0.25, 0.3) is 0 Å². The predicted octanol–water partition coefficient (Wildman–Crippen LogP) is 3.36. The molecule has 1 amide bonds. The largest absolute Gasteiger partial charge is 0.416 e. The van der Waals surface area contributed by atoms with Gasteiger partial charge in [0.25, 0.3) is 0 Å². The van der Waals surface area contributed by atoms with Gasteiger partial charge in [-0.1, -0.05) is 24.3 Å². The van der Waals surface area contributed by atoms with E-state index < -0.39 is 17.6 Å². The Morgan fingerprint density at radius 3 is 2.53 bits per heavy atom. The Hall–Kier alpha value is -2.34. The maximum Gasteiger partial charge on any atom is 0.416 e. The molecule has 2 aromatic carbocycles. The topological polar surface area (TPSA) is 82.7 Å². The standard InChI is InChI=1S/C22H26F3N5O.HI/c1-27-21(28-12-16-3-2-4-17(11-16)20(26)31)29-19-9-10-30(14-19)13-15-5-7-18(8-6-15)22(23,24)25;/h2-8,11,19H,9-10,12-14H2,1H3,(H2,26,31)(H2,27,28,29);1H. The van der Waals surface area contributed by atoms with Gasteiger partial charge < -0.3 is 16.4 Å². The smallest absolute Gasteiger partial charge is 0.366 e. The Kier molecular flexibility index (Phi) is 9.32. The lowest BCUT2D eigenvalue weighted by molar-refractivity contribution is -0.137. The van der Waals surface area contributed by atoms with Crippen molar-refractivity contribution in [3.8, 4) is 0 Å². The first-order valence-electron chi connectivity index (χ1n) is 9.99. The van der Waals surface area contributed by atoms with Crippen molar-refractivity contribution in [3.63, 3.8) is 0 Å². The monoisotopic (exact) mass is 561 g/mol. The van der Waals surface area contributed by atoms with E-state index in [0.717, 1.165) is 42.8 Å². The maximum absolute atomic E-state index is 12.7. The number of nitrogens with zero attached hydrogens (tertiary/aromatic N) is 2. The summed E-state index contributed by atoms with van der Waals surface area (Å²) in [7, 11) is 1.68. The number of halogens is 4. The quantitative estimate of drug-likeness (QED) is 0.287. The average molecular weight is 561 g/mol. The second-order valence-corrected chi connectivity index (χ2v) is 7.55. The SMILES string of the molecule is CN=C(NCc1cccc(C(N)=O)c1)NC1CCN(Cc2ccc(C(F)(F)F)cc2)C1.I. The van der Waals surface area contributed by atoms with Crippen molar-refractivity contribution in [1.82, 2.24) is 15.5 Å². The second kappa shape index (κ2) is 11.5. The van der Waals surface area contributed by atoms with Gasteiger partial charge in [0.1, 0.15) is 0 Å². The van der Waals surface area contributed by atoms with Gasteiger partial charge in [-0.15, -0.1) is 24.0 Å². The molecule has 1 aliphatic rings. The van der Waals surface area contributed by atoms with Gasteiger partial charge in [0.2, 0.25) is 5.91 Å². The fraction of sp³-hybridized carbons (Fsp3) is 0.364. The van der Waals surface area contributed by atoms with Crippen molar-refractivity contribution in [2.75, 3.05) is 20.1 Å². The normalized spacial score (nSPS) is 17.0. The number of benzene rings is 2. The van der Waals surface area contributed by atoms with Crippen molar-refractivity contribution >= 4 is 35.8 Å². The number of nitrogens with two attached hydrogens (primary N) is 1. The number of carbonyl (C=O) groups excluding carboxylic acids is 1. The van der Waals surface area contributed by atoms with Gasteiger partial charge in [-0.2, -0.15) is 13.2 Å². The third-order valence-electron chi connectivity index (χ3n) is 5.20. The Morgan fingerprint density at radius 1 is 1.19 bits per heavy atom. The van der Waals surface area contributed by atoms with Crippen LogP contribution in [0.2, 0.25) is 0 Å². The van der Waals surface area contributed by atoms with Crippen LogP contribution in [0.1, 0.15) is 33.5 Å². The molecule has 1 unspecified atom stereocenters. The summed E-state index contributed by atoms with van der Waals surface area (Å²) in [6, 6.07) is 12.6. The summed E-state index contributed by atoms with van der Waals surface area (Å²) < 4.78 is 38.1. The molecule has 1 atom stereocenters. The van der Waals surface area contributed by atoms with Crippen molar-refractivity contribution < 1.29 is 18.0 Å². The molecule has 0 radical (unpaired) electrons. The lowest BCUT2D eigenvalue weighted by Crippen LogP contribution is -2.44. The minimum atomic E-state index is -4.31. The third-order valence-corrected chi connectivity index (χ3v) is 5.20. The first-order chi connectivity index (χ1) is 14.7. The minimum absolute atomic E-state index is 0. The zero-order valence-corrected chi connectivity index (χ0v) is 20.0. The van der Waals surface area contributed by atoms with Crippen LogP contribution in [-0.4, -0.2) is 42.9 Å². The minimum Gasteiger partial charge on any atom is -0.366 e. The molecule has 0 saturated carbocycles. The molecule has 32 heavy (non-hydrogen) atoms. The summed E-state index contributed by atoms with van der Waals surface area (Å²) in [5.74, 6) is 0.175. The molecule has 1 fully saturated rings. The number of guanidine groups is 1. The molecule has 1 saturated heterocycles. The Bertz CT molecular complexity index is 934. The van der Waals surface area contributed by atoms with Gasteiger partial charge in [0, 0.05) is 44.8 Å². The van der Waals surface area contributed by atoms with Crippen LogP contribution in [0.3, 0.4) is 0 Å². The number of nitrogens with one attached hydrogen (secondary N) is 2. The first-order valence-corrected chi connectivity index (χ1v) is 9.99. The van der Waals surface area contributed by atoms with Crippen LogP contribution in [0.4, 0.5) is 13.2 Å². The number of hydrogen-bond donors (Lipinski definition) is 3. The Labute approximate surface area is 202 Å². The molecular formula is C22H27F3IN5O. The van der Waals surface area contributed by atoms with E-state index in [1.54, 1.807) is 25.2 Å². The molecule has 174 valence electrons. The molecule has 0 spiro atoms. The van der Waals surface area contributed by atoms with Crippen molar-refractivity contribution in [3.05, 3.63) is 70.8 Å². The van der Waals surface area contributed by atoms with Gasteiger partial charge in [0.05, 0.1) is 5.56 Å². The molecule has 3 rings (SSSR count). The first kappa shape index (κ1) is 25.9. The van der Waals surface area contributed by atoms with E-state index >= 15 is 0 Å². The van der Waals surface area contributed by atoms with Crippen LogP contribution in [0.5, 0.6) is 0 Å². The molecule has 0 aromatic heterocycles. The molecule has 0 bridgehead atoms. The van der Waals surface area contributed by atoms with Crippen molar-refractivity contribution in [1.29, 1.82) is 0 Å². The number of amides is 1. The van der Waals surface area contributed by atoms with Crippen LogP contribution < -0.4 is 16.4 Å². The van der Waals surface area contributed by atoms with Crippen LogP contribution in [0, 0.1) is 0 Å². The van der Waals surface area contributed by atoms with E-state index in [2.05, 4.69) is 20.5 Å². The summed E-state index contributed by atoms with van der Waals surface area (Å²) >= 11 is 0. The highest BCUT2D eigenvalue weighted by Gasteiger charge is 2.30. The zero-order chi connectivity index (χ0) is 22.4. The van der Waals surface area contributed by atoms with E-state index in [0.29, 0.717) is 24.6 Å². The number of primary amides is 1. The van der Waals surface area contributed by atoms with Gasteiger partial charge in [-0.25, -0.2) is 0 Å². The maximum atomic E-state index is 12.7. The molecule has 6 nitrogen and oxygen atoms in total. The van der Waals surface area contributed by atoms with E-state index in [9.17, 15) is 18.0 Å². The highest BCUT2D eigenvalue weighted by molar-refractivity contribution is 14.0. The molecule has 4 N–H and O–H groups in total. The number of carbonyl (C=O) groups is 1. The fourth-order valence-corrected chi connectivity index (χ4v) is 3.56. The average Bonchev–Trinajstić information content (AvgIpc) is 3.17. The van der Waals surface area contributed by atoms with Crippen LogP contribution in [0.15, 0.2) is 53.5 Å². The number of hydrogen-bond acceptors (Lipinski definition) is 3.